The van der Waals surface area contributed by atoms with Gasteiger partial charge in [-0.15, -0.1) is 0 Å². The Balaban J connectivity index is 0.000000301. The van der Waals surface area contributed by atoms with E-state index in [9.17, 15) is 26.3 Å². The number of carboxylic acid groups (broad SMARTS) is 2. The SMILES string of the molecule is COc1cccc(-c2cnc3c(N4CCN(C)CC4)nccn23)c1.O=C(O)C(F)(F)F.O=C(O)C(F)(F)F. The molecule has 0 unspecified atom stereocenters. The molecule has 0 aliphatic carbocycles. The zero-order valence-electron chi connectivity index (χ0n) is 20.0. The van der Waals surface area contributed by atoms with Crippen molar-refractivity contribution in [1.82, 2.24) is 19.3 Å². The third-order valence-electron chi connectivity index (χ3n) is 5.06. The highest BCUT2D eigenvalue weighted by Crippen LogP contribution is 2.27. The van der Waals surface area contributed by atoms with E-state index in [2.05, 4.69) is 37.3 Å². The number of hydrogen-bond donors (Lipinski definition) is 2. The van der Waals surface area contributed by atoms with Crippen LogP contribution in [-0.4, -0.2) is 94.1 Å². The predicted octanol–water partition coefficient (Wildman–Crippen LogP) is 3.42. The average Bonchev–Trinajstić information content (AvgIpc) is 3.29. The first-order valence-electron chi connectivity index (χ1n) is 10.6. The van der Waals surface area contributed by atoms with Gasteiger partial charge >= 0.3 is 24.3 Å². The normalized spacial score (nSPS) is 14.2. The quantitative estimate of drug-likeness (QED) is 0.472. The van der Waals surface area contributed by atoms with Gasteiger partial charge < -0.3 is 24.7 Å². The molecule has 2 N–H and O–H groups in total. The highest BCUT2D eigenvalue weighted by Gasteiger charge is 2.38. The number of nitrogens with zero attached hydrogens (tertiary/aromatic N) is 5. The van der Waals surface area contributed by atoms with Crippen LogP contribution in [0.25, 0.3) is 16.9 Å². The van der Waals surface area contributed by atoms with Crippen molar-refractivity contribution < 1.29 is 50.9 Å². The number of hydrogen-bond acceptors (Lipinski definition) is 7. The maximum absolute atomic E-state index is 10.6. The summed E-state index contributed by atoms with van der Waals surface area (Å²) in [6.45, 7) is 4.05. The number of aliphatic carboxylic acids is 2. The van der Waals surface area contributed by atoms with Crippen molar-refractivity contribution in [1.29, 1.82) is 0 Å². The van der Waals surface area contributed by atoms with Crippen LogP contribution < -0.4 is 9.64 Å². The van der Waals surface area contributed by atoms with E-state index in [0.29, 0.717) is 0 Å². The Morgan fingerprint density at radius 2 is 1.50 bits per heavy atom. The first-order chi connectivity index (χ1) is 17.6. The summed E-state index contributed by atoms with van der Waals surface area (Å²) in [6.07, 6.45) is -4.44. The molecule has 0 saturated carbocycles. The average molecular weight is 551 g/mol. The van der Waals surface area contributed by atoms with Crippen LogP contribution in [0.5, 0.6) is 5.75 Å². The fourth-order valence-corrected chi connectivity index (χ4v) is 3.14. The van der Waals surface area contributed by atoms with Gasteiger partial charge in [-0.25, -0.2) is 19.6 Å². The van der Waals surface area contributed by atoms with E-state index < -0.39 is 24.3 Å². The molecule has 0 amide bonds. The van der Waals surface area contributed by atoms with Crippen molar-refractivity contribution in [2.24, 2.45) is 0 Å². The number of fused-ring (bicyclic) bond motifs is 1. The number of benzene rings is 1. The second-order valence-corrected chi connectivity index (χ2v) is 7.72. The maximum atomic E-state index is 10.6. The number of aromatic nitrogens is 3. The summed E-state index contributed by atoms with van der Waals surface area (Å²) in [5.41, 5.74) is 3.03. The van der Waals surface area contributed by atoms with Gasteiger partial charge in [0.05, 0.1) is 19.0 Å². The summed E-state index contributed by atoms with van der Waals surface area (Å²) >= 11 is 0. The van der Waals surface area contributed by atoms with E-state index in [-0.39, 0.29) is 0 Å². The maximum Gasteiger partial charge on any atom is 0.490 e. The molecule has 0 spiro atoms. The minimum absolute atomic E-state index is 0.843. The highest BCUT2D eigenvalue weighted by atomic mass is 19.4. The molecular formula is C22H23F6N5O5. The summed E-state index contributed by atoms with van der Waals surface area (Å²) in [4.78, 5) is 31.7. The smallest absolute Gasteiger partial charge is 0.490 e. The molecule has 1 fully saturated rings. The molecule has 2 aromatic heterocycles. The second kappa shape index (κ2) is 12.4. The van der Waals surface area contributed by atoms with Crippen LogP contribution in [-0.2, 0) is 9.59 Å². The first-order valence-corrected chi connectivity index (χ1v) is 10.6. The summed E-state index contributed by atoms with van der Waals surface area (Å²) in [6, 6.07) is 8.04. The standard InChI is InChI=1S/C18H21N5O.2C2HF3O2/c1-21-8-10-22(11-9-21)17-18-20-13-16(23(18)7-6-19-17)14-4-3-5-15(12-14)24-2;2*3-2(4,5)1(6)7/h3-7,12-13H,8-11H2,1-2H3;2*(H,6,7). The summed E-state index contributed by atoms with van der Waals surface area (Å²) in [7, 11) is 3.84. The molecule has 0 atom stereocenters. The van der Waals surface area contributed by atoms with Crippen LogP contribution in [0.4, 0.5) is 32.2 Å². The van der Waals surface area contributed by atoms with Crippen molar-refractivity contribution in [2.45, 2.75) is 12.4 Å². The topological polar surface area (TPSA) is 121 Å². The molecular weight excluding hydrogens is 528 g/mol. The number of methoxy groups -OCH3 is 1. The Kier molecular flexibility index (Phi) is 9.87. The number of alkyl halides is 6. The van der Waals surface area contributed by atoms with Crippen LogP contribution in [0.2, 0.25) is 0 Å². The minimum Gasteiger partial charge on any atom is -0.497 e. The van der Waals surface area contributed by atoms with Gasteiger partial charge in [0.15, 0.2) is 11.5 Å². The Morgan fingerprint density at radius 3 is 2.00 bits per heavy atom. The van der Waals surface area contributed by atoms with Crippen molar-refractivity contribution in [2.75, 3.05) is 45.2 Å². The van der Waals surface area contributed by atoms with Gasteiger partial charge in [-0.2, -0.15) is 26.3 Å². The van der Waals surface area contributed by atoms with Crippen LogP contribution in [0, 0.1) is 0 Å². The summed E-state index contributed by atoms with van der Waals surface area (Å²) in [5, 5.41) is 14.2. The van der Waals surface area contributed by atoms with Gasteiger partial charge in [0.2, 0.25) is 0 Å². The van der Waals surface area contributed by atoms with Gasteiger partial charge in [0.1, 0.15) is 5.75 Å². The Bertz CT molecular complexity index is 1220. The molecule has 3 aromatic rings. The Labute approximate surface area is 211 Å². The van der Waals surface area contributed by atoms with E-state index in [1.165, 1.54) is 0 Å². The van der Waals surface area contributed by atoms with E-state index >= 15 is 0 Å². The fraction of sp³-hybridized carbons (Fsp3) is 0.364. The van der Waals surface area contributed by atoms with Crippen LogP contribution in [0.3, 0.4) is 0 Å². The lowest BCUT2D eigenvalue weighted by atomic mass is 10.1. The second-order valence-electron chi connectivity index (χ2n) is 7.72. The number of anilines is 1. The predicted molar refractivity (Wildman–Crippen MR) is 122 cm³/mol. The molecule has 1 aliphatic rings. The monoisotopic (exact) mass is 551 g/mol. The zero-order valence-corrected chi connectivity index (χ0v) is 20.0. The van der Waals surface area contributed by atoms with Gasteiger partial charge in [-0.3, -0.25) is 4.40 Å². The van der Waals surface area contributed by atoms with Gasteiger partial charge in [-0.1, -0.05) is 12.1 Å². The van der Waals surface area contributed by atoms with Gasteiger partial charge in [0, 0.05) is 44.1 Å². The lowest BCUT2D eigenvalue weighted by Crippen LogP contribution is -2.45. The number of carboxylic acids is 2. The third kappa shape index (κ3) is 8.22. The molecule has 4 rings (SSSR count). The summed E-state index contributed by atoms with van der Waals surface area (Å²) < 4.78 is 70.9. The first kappa shape index (κ1) is 30.1. The molecule has 10 nitrogen and oxygen atoms in total. The molecule has 1 aliphatic heterocycles. The van der Waals surface area contributed by atoms with Gasteiger partial charge in [0.25, 0.3) is 0 Å². The number of rotatable bonds is 3. The number of likely N-dealkylation sites (N-methyl/N-ethyl adjacent to an activating group) is 1. The van der Waals surface area contributed by atoms with Crippen LogP contribution >= 0.6 is 0 Å². The minimum atomic E-state index is -5.08. The van der Waals surface area contributed by atoms with E-state index in [4.69, 9.17) is 24.5 Å². The largest absolute Gasteiger partial charge is 0.497 e. The molecule has 1 saturated heterocycles. The molecule has 208 valence electrons. The number of halogens is 6. The Hall–Kier alpha value is -4.08. The third-order valence-corrected chi connectivity index (χ3v) is 5.06. The van der Waals surface area contributed by atoms with Gasteiger partial charge in [-0.05, 0) is 19.2 Å². The zero-order chi connectivity index (χ0) is 28.7. The lowest BCUT2D eigenvalue weighted by Gasteiger charge is -2.33. The molecule has 0 bridgehead atoms. The number of ether oxygens (including phenoxy) is 1. The van der Waals surface area contributed by atoms with Crippen molar-refractivity contribution >= 4 is 23.4 Å². The number of imidazole rings is 1. The summed E-state index contributed by atoms with van der Waals surface area (Å²) in [5.74, 6) is -3.71. The molecule has 16 heteroatoms. The van der Waals surface area contributed by atoms with E-state index in [0.717, 1.165) is 54.7 Å². The fourth-order valence-electron chi connectivity index (χ4n) is 3.14. The molecule has 3 heterocycles. The molecule has 38 heavy (non-hydrogen) atoms. The highest BCUT2D eigenvalue weighted by molar-refractivity contribution is 5.73. The number of carbonyl (C=O) groups is 2. The van der Waals surface area contributed by atoms with E-state index in [1.54, 1.807) is 7.11 Å². The number of piperazine rings is 1. The van der Waals surface area contributed by atoms with Crippen LogP contribution in [0.15, 0.2) is 42.9 Å². The van der Waals surface area contributed by atoms with Crippen LogP contribution in [0.1, 0.15) is 0 Å². The van der Waals surface area contributed by atoms with Crippen molar-refractivity contribution in [3.8, 4) is 17.0 Å². The van der Waals surface area contributed by atoms with E-state index in [1.807, 2.05) is 36.8 Å². The van der Waals surface area contributed by atoms with Crippen molar-refractivity contribution in [3.05, 3.63) is 42.9 Å². The molecule has 1 aromatic carbocycles. The Morgan fingerprint density at radius 1 is 0.947 bits per heavy atom. The van der Waals surface area contributed by atoms with Crippen molar-refractivity contribution in [3.63, 3.8) is 0 Å². The molecule has 0 radical (unpaired) electrons. The lowest BCUT2D eigenvalue weighted by molar-refractivity contribution is -0.193.